The van der Waals surface area contributed by atoms with E-state index in [1.54, 1.807) is 0 Å². The van der Waals surface area contributed by atoms with Crippen LogP contribution in [0.5, 0.6) is 0 Å². The quantitative estimate of drug-likeness (QED) is 0.701. The summed E-state index contributed by atoms with van der Waals surface area (Å²) in [6.07, 6.45) is -4.38. The monoisotopic (exact) mass is 401 g/mol. The smallest absolute Gasteiger partial charge is 0.374 e. The molecule has 1 aliphatic rings. The van der Waals surface area contributed by atoms with Gasteiger partial charge in [-0.2, -0.15) is 13.2 Å². The maximum absolute atomic E-state index is 13.0. The molecule has 1 fully saturated rings. The van der Waals surface area contributed by atoms with Gasteiger partial charge in [0.2, 0.25) is 5.91 Å². The minimum atomic E-state index is -4.51. The third kappa shape index (κ3) is 7.41. The summed E-state index contributed by atoms with van der Waals surface area (Å²) in [6, 6.07) is 4.81. The molecule has 2 N–H and O–H groups in total. The molecule has 8 heteroatoms. The maximum Gasteiger partial charge on any atom is 0.418 e. The van der Waals surface area contributed by atoms with E-state index in [-0.39, 0.29) is 24.3 Å². The second kappa shape index (κ2) is 10.2. The van der Waals surface area contributed by atoms with Gasteiger partial charge in [-0.3, -0.25) is 9.69 Å². The van der Waals surface area contributed by atoms with Crippen molar-refractivity contribution in [2.75, 3.05) is 38.1 Å². The molecule has 0 aliphatic carbocycles. The Labute approximate surface area is 164 Å². The van der Waals surface area contributed by atoms with Gasteiger partial charge in [0, 0.05) is 38.6 Å². The number of carbonyl (C=O) groups excluding carboxylic acids is 1. The van der Waals surface area contributed by atoms with Gasteiger partial charge in [0.1, 0.15) is 0 Å². The Bertz CT molecular complexity index is 637. The van der Waals surface area contributed by atoms with Gasteiger partial charge in [-0.25, -0.2) is 0 Å². The van der Waals surface area contributed by atoms with E-state index in [0.29, 0.717) is 19.1 Å². The summed E-state index contributed by atoms with van der Waals surface area (Å²) in [5, 5.41) is 5.63. The van der Waals surface area contributed by atoms with E-state index >= 15 is 0 Å². The Morgan fingerprint density at radius 2 is 2.00 bits per heavy atom. The Morgan fingerprint density at radius 3 is 2.68 bits per heavy atom. The zero-order valence-corrected chi connectivity index (χ0v) is 16.7. The first kappa shape index (κ1) is 22.6. The van der Waals surface area contributed by atoms with Crippen LogP contribution in [0.25, 0.3) is 0 Å². The first-order chi connectivity index (χ1) is 13.1. The number of nitrogens with one attached hydrogen (secondary N) is 2. The van der Waals surface area contributed by atoms with Gasteiger partial charge in [0.25, 0.3) is 0 Å². The van der Waals surface area contributed by atoms with Gasteiger partial charge in [0.05, 0.1) is 24.0 Å². The van der Waals surface area contributed by atoms with Crippen LogP contribution >= 0.6 is 0 Å². The predicted octanol–water partition coefficient (Wildman–Crippen LogP) is 3.37. The molecule has 1 aromatic carbocycles. The third-order valence-corrected chi connectivity index (χ3v) is 4.54. The summed E-state index contributed by atoms with van der Waals surface area (Å²) in [4.78, 5) is 14.5. The van der Waals surface area contributed by atoms with Crippen molar-refractivity contribution in [3.63, 3.8) is 0 Å². The summed E-state index contributed by atoms with van der Waals surface area (Å²) < 4.78 is 44.8. The second-order valence-corrected chi connectivity index (χ2v) is 7.75. The highest BCUT2D eigenvalue weighted by Gasteiger charge is 2.33. The normalized spacial score (nSPS) is 19.6. The van der Waals surface area contributed by atoms with Gasteiger partial charge in [-0.1, -0.05) is 26.0 Å². The number of benzene rings is 1. The van der Waals surface area contributed by atoms with Crippen LogP contribution in [0.1, 0.15) is 32.8 Å². The first-order valence-electron chi connectivity index (χ1n) is 9.68. The standard InChI is InChI=1S/C20H30F3N3O2/c1-14(2)12-26-8-9-28-16(13-26)11-24-15(3)10-19(27)25-18-7-5-4-6-17(18)20(21,22)23/h4-7,14-16,24H,8-13H2,1-3H3,(H,25,27). The number of anilines is 1. The summed E-state index contributed by atoms with van der Waals surface area (Å²) in [5.74, 6) is 0.136. The van der Waals surface area contributed by atoms with Crippen molar-refractivity contribution in [1.82, 2.24) is 10.2 Å². The fourth-order valence-corrected chi connectivity index (χ4v) is 3.31. The van der Waals surface area contributed by atoms with Crippen LogP contribution < -0.4 is 10.6 Å². The Kier molecular flexibility index (Phi) is 8.27. The van der Waals surface area contributed by atoms with E-state index in [2.05, 4.69) is 29.4 Å². The molecule has 2 unspecified atom stereocenters. The van der Waals surface area contributed by atoms with Crippen molar-refractivity contribution in [1.29, 1.82) is 0 Å². The van der Waals surface area contributed by atoms with E-state index < -0.39 is 17.6 Å². The molecule has 0 saturated carbocycles. The van der Waals surface area contributed by atoms with Crippen molar-refractivity contribution in [3.8, 4) is 0 Å². The highest BCUT2D eigenvalue weighted by molar-refractivity contribution is 5.92. The number of amides is 1. The lowest BCUT2D eigenvalue weighted by molar-refractivity contribution is -0.137. The number of ether oxygens (including phenoxy) is 1. The SMILES string of the molecule is CC(C)CN1CCOC(CNC(C)CC(=O)Nc2ccccc2C(F)(F)F)C1. The lowest BCUT2D eigenvalue weighted by atomic mass is 10.1. The minimum absolute atomic E-state index is 0.0453. The van der Waals surface area contributed by atoms with Crippen LogP contribution in [-0.2, 0) is 15.7 Å². The molecule has 2 rings (SSSR count). The van der Waals surface area contributed by atoms with Crippen LogP contribution in [-0.4, -0.2) is 55.7 Å². The molecule has 1 aromatic rings. The number of para-hydroxylation sites is 1. The highest BCUT2D eigenvalue weighted by Crippen LogP contribution is 2.34. The zero-order chi connectivity index (χ0) is 20.7. The first-order valence-corrected chi connectivity index (χ1v) is 9.68. The molecule has 1 amide bonds. The number of hydrogen-bond donors (Lipinski definition) is 2. The van der Waals surface area contributed by atoms with Gasteiger partial charge in [-0.15, -0.1) is 0 Å². The van der Waals surface area contributed by atoms with Crippen molar-refractivity contribution >= 4 is 11.6 Å². The average molecular weight is 401 g/mol. The minimum Gasteiger partial charge on any atom is -0.374 e. The number of nitrogens with zero attached hydrogens (tertiary/aromatic N) is 1. The van der Waals surface area contributed by atoms with Crippen LogP contribution in [0.15, 0.2) is 24.3 Å². The summed E-state index contributed by atoms with van der Waals surface area (Å²) in [6.45, 7) is 10.3. The van der Waals surface area contributed by atoms with E-state index in [1.807, 2.05) is 6.92 Å². The summed E-state index contributed by atoms with van der Waals surface area (Å²) in [5.41, 5.74) is -1.06. The predicted molar refractivity (Wildman–Crippen MR) is 103 cm³/mol. The van der Waals surface area contributed by atoms with Gasteiger partial charge >= 0.3 is 6.18 Å². The topological polar surface area (TPSA) is 53.6 Å². The molecule has 158 valence electrons. The molecule has 1 heterocycles. The van der Waals surface area contributed by atoms with Crippen LogP contribution in [0.2, 0.25) is 0 Å². The second-order valence-electron chi connectivity index (χ2n) is 7.75. The van der Waals surface area contributed by atoms with Crippen LogP contribution in [0, 0.1) is 5.92 Å². The molecule has 2 atom stereocenters. The summed E-state index contributed by atoms with van der Waals surface area (Å²) >= 11 is 0. The lowest BCUT2D eigenvalue weighted by Gasteiger charge is -2.34. The third-order valence-electron chi connectivity index (χ3n) is 4.54. The largest absolute Gasteiger partial charge is 0.418 e. The number of hydrogen-bond acceptors (Lipinski definition) is 4. The molecule has 0 radical (unpaired) electrons. The van der Waals surface area contributed by atoms with Crippen molar-refractivity contribution in [2.24, 2.45) is 5.92 Å². The van der Waals surface area contributed by atoms with Crippen LogP contribution in [0.4, 0.5) is 18.9 Å². The lowest BCUT2D eigenvalue weighted by Crippen LogP contribution is -2.49. The maximum atomic E-state index is 13.0. The van der Waals surface area contributed by atoms with E-state index in [0.717, 1.165) is 25.7 Å². The number of carbonyl (C=O) groups is 1. The Morgan fingerprint density at radius 1 is 1.29 bits per heavy atom. The molecule has 0 spiro atoms. The molecule has 0 aromatic heterocycles. The van der Waals surface area contributed by atoms with Crippen molar-refractivity contribution in [2.45, 2.75) is 45.5 Å². The molecule has 0 bridgehead atoms. The van der Waals surface area contributed by atoms with Gasteiger partial charge in [0.15, 0.2) is 0 Å². The number of alkyl halides is 3. The fraction of sp³-hybridized carbons (Fsp3) is 0.650. The fourth-order valence-electron chi connectivity index (χ4n) is 3.31. The Hall–Kier alpha value is -1.64. The molecular formula is C20H30F3N3O2. The van der Waals surface area contributed by atoms with Crippen molar-refractivity contribution in [3.05, 3.63) is 29.8 Å². The zero-order valence-electron chi connectivity index (χ0n) is 16.7. The molecule has 1 saturated heterocycles. The van der Waals surface area contributed by atoms with Crippen molar-refractivity contribution < 1.29 is 22.7 Å². The number of morpholine rings is 1. The van der Waals surface area contributed by atoms with E-state index in [9.17, 15) is 18.0 Å². The number of rotatable bonds is 8. The number of halogens is 3. The van der Waals surface area contributed by atoms with Gasteiger partial charge < -0.3 is 15.4 Å². The highest BCUT2D eigenvalue weighted by atomic mass is 19.4. The average Bonchev–Trinajstić information content (AvgIpc) is 2.59. The van der Waals surface area contributed by atoms with E-state index in [1.165, 1.54) is 18.2 Å². The Balaban J connectivity index is 1.79. The molecular weight excluding hydrogens is 371 g/mol. The van der Waals surface area contributed by atoms with E-state index in [4.69, 9.17) is 4.74 Å². The summed E-state index contributed by atoms with van der Waals surface area (Å²) in [7, 11) is 0. The molecule has 1 aliphatic heterocycles. The molecule has 28 heavy (non-hydrogen) atoms. The van der Waals surface area contributed by atoms with Gasteiger partial charge in [-0.05, 0) is 25.0 Å². The van der Waals surface area contributed by atoms with Crippen LogP contribution in [0.3, 0.4) is 0 Å². The molecule has 5 nitrogen and oxygen atoms in total.